The normalized spacial score (nSPS) is 25.8. The predicted octanol–water partition coefficient (Wildman–Crippen LogP) is 1.87. The second kappa shape index (κ2) is 3.60. The largest absolute Gasteiger partial charge is 0.369 e. The highest BCUT2D eigenvalue weighted by molar-refractivity contribution is 7.99. The molecule has 1 heterocycles. The molecule has 0 fully saturated rings. The monoisotopic (exact) mass is 247 g/mol. The Labute approximate surface area is 104 Å². The summed E-state index contributed by atoms with van der Waals surface area (Å²) in [7, 11) is 0. The van der Waals surface area contributed by atoms with E-state index in [0.29, 0.717) is 0 Å². The van der Waals surface area contributed by atoms with E-state index in [-0.39, 0.29) is 11.7 Å². The molecular formula is C13H13NO2S. The second-order valence-electron chi connectivity index (χ2n) is 4.66. The van der Waals surface area contributed by atoms with Crippen molar-refractivity contribution in [3.8, 4) is 0 Å². The number of rotatable bonds is 1. The van der Waals surface area contributed by atoms with Crippen LogP contribution in [0.5, 0.6) is 0 Å². The molecule has 3 nitrogen and oxygen atoms in total. The van der Waals surface area contributed by atoms with Crippen LogP contribution >= 0.6 is 11.8 Å². The van der Waals surface area contributed by atoms with Gasteiger partial charge in [0.05, 0.1) is 0 Å². The van der Waals surface area contributed by atoms with Gasteiger partial charge in [0.1, 0.15) is 5.92 Å². The van der Waals surface area contributed by atoms with E-state index in [1.54, 1.807) is 11.8 Å². The molecule has 1 amide bonds. The Hall–Kier alpha value is -1.29. The van der Waals surface area contributed by atoms with E-state index in [4.69, 9.17) is 5.73 Å². The Morgan fingerprint density at radius 2 is 2.24 bits per heavy atom. The van der Waals surface area contributed by atoms with Crippen molar-refractivity contribution in [1.29, 1.82) is 0 Å². The molecule has 0 saturated carbocycles. The molecule has 1 aromatic rings. The number of ketones is 1. The first-order valence-electron chi connectivity index (χ1n) is 5.71. The van der Waals surface area contributed by atoms with Gasteiger partial charge in [-0.2, -0.15) is 0 Å². The third-order valence-electron chi connectivity index (χ3n) is 3.71. The summed E-state index contributed by atoms with van der Waals surface area (Å²) in [5.74, 6) is -0.207. The zero-order valence-corrected chi connectivity index (χ0v) is 10.3. The fraction of sp³-hybridized carbons (Fsp3) is 0.385. The van der Waals surface area contributed by atoms with Gasteiger partial charge in [-0.15, -0.1) is 11.8 Å². The van der Waals surface area contributed by atoms with E-state index < -0.39 is 11.8 Å². The molecule has 2 atom stereocenters. The number of benzene rings is 1. The van der Waals surface area contributed by atoms with Crippen LogP contribution in [0.1, 0.15) is 33.8 Å². The number of hydrogen-bond donors (Lipinski definition) is 1. The van der Waals surface area contributed by atoms with Crippen LogP contribution < -0.4 is 5.73 Å². The van der Waals surface area contributed by atoms with Gasteiger partial charge in [0.25, 0.3) is 0 Å². The Kier molecular flexibility index (Phi) is 2.30. The van der Waals surface area contributed by atoms with Gasteiger partial charge in [0, 0.05) is 16.4 Å². The number of thioether (sulfide) groups is 1. The molecule has 0 saturated heterocycles. The SMILES string of the molecule is Cc1ccc2c3c1C(=O)C(C(N)=O)C3CCS2. The van der Waals surface area contributed by atoms with E-state index in [1.165, 1.54) is 0 Å². The molecule has 0 bridgehead atoms. The van der Waals surface area contributed by atoms with Gasteiger partial charge < -0.3 is 5.73 Å². The third kappa shape index (κ3) is 1.37. The van der Waals surface area contributed by atoms with Crippen LogP contribution in [0.25, 0.3) is 0 Å². The molecule has 1 aliphatic carbocycles. The number of nitrogens with two attached hydrogens (primary N) is 1. The van der Waals surface area contributed by atoms with Crippen molar-refractivity contribution in [2.45, 2.75) is 24.2 Å². The van der Waals surface area contributed by atoms with Gasteiger partial charge in [0.2, 0.25) is 5.91 Å². The molecule has 1 aromatic carbocycles. The minimum atomic E-state index is -0.634. The minimum absolute atomic E-state index is 0.0196. The van der Waals surface area contributed by atoms with Crippen molar-refractivity contribution in [2.24, 2.45) is 11.7 Å². The van der Waals surface area contributed by atoms with E-state index in [2.05, 4.69) is 6.07 Å². The summed E-state index contributed by atoms with van der Waals surface area (Å²) >= 11 is 1.77. The molecule has 4 heteroatoms. The van der Waals surface area contributed by atoms with Gasteiger partial charge in [-0.05, 0) is 36.3 Å². The first-order valence-corrected chi connectivity index (χ1v) is 6.69. The van der Waals surface area contributed by atoms with Gasteiger partial charge in [0.15, 0.2) is 5.78 Å². The van der Waals surface area contributed by atoms with Crippen LogP contribution in [0.2, 0.25) is 0 Å². The molecule has 0 spiro atoms. The molecule has 3 rings (SSSR count). The van der Waals surface area contributed by atoms with Gasteiger partial charge >= 0.3 is 0 Å². The lowest BCUT2D eigenvalue weighted by Crippen LogP contribution is -2.31. The van der Waals surface area contributed by atoms with Crippen LogP contribution in [0.4, 0.5) is 0 Å². The lowest BCUT2D eigenvalue weighted by atomic mass is 9.89. The zero-order chi connectivity index (χ0) is 12.2. The van der Waals surface area contributed by atoms with Crippen LogP contribution in [0.15, 0.2) is 17.0 Å². The Balaban J connectivity index is 2.26. The summed E-state index contributed by atoms with van der Waals surface area (Å²) in [4.78, 5) is 24.9. The van der Waals surface area contributed by atoms with Gasteiger partial charge in [-0.1, -0.05) is 6.07 Å². The van der Waals surface area contributed by atoms with Crippen molar-refractivity contribution in [1.82, 2.24) is 0 Å². The van der Waals surface area contributed by atoms with Gasteiger partial charge in [-0.3, -0.25) is 9.59 Å². The molecule has 2 N–H and O–H groups in total. The highest BCUT2D eigenvalue weighted by Crippen LogP contribution is 2.49. The van der Waals surface area contributed by atoms with Crippen LogP contribution in [-0.4, -0.2) is 17.4 Å². The first kappa shape index (κ1) is 10.8. The molecule has 1 aliphatic heterocycles. The minimum Gasteiger partial charge on any atom is -0.369 e. The number of amides is 1. The van der Waals surface area contributed by atoms with E-state index in [0.717, 1.165) is 33.8 Å². The van der Waals surface area contributed by atoms with E-state index in [9.17, 15) is 9.59 Å². The fourth-order valence-electron chi connectivity index (χ4n) is 2.97. The number of carbonyl (C=O) groups is 2. The van der Waals surface area contributed by atoms with Crippen molar-refractivity contribution in [3.63, 3.8) is 0 Å². The summed E-state index contributed by atoms with van der Waals surface area (Å²) in [5, 5.41) is 0. The van der Waals surface area contributed by atoms with Crippen molar-refractivity contribution in [2.75, 3.05) is 5.75 Å². The van der Waals surface area contributed by atoms with Crippen molar-refractivity contribution in [3.05, 3.63) is 28.8 Å². The molecule has 17 heavy (non-hydrogen) atoms. The molecule has 88 valence electrons. The first-order chi connectivity index (χ1) is 8.11. The molecular weight excluding hydrogens is 234 g/mol. The van der Waals surface area contributed by atoms with Crippen LogP contribution in [0, 0.1) is 12.8 Å². The molecule has 2 unspecified atom stereocenters. The Morgan fingerprint density at radius 3 is 2.94 bits per heavy atom. The summed E-state index contributed by atoms with van der Waals surface area (Å²) in [6, 6.07) is 4.02. The Morgan fingerprint density at radius 1 is 1.47 bits per heavy atom. The summed E-state index contributed by atoms with van der Waals surface area (Å²) in [6.07, 6.45) is 0.869. The zero-order valence-electron chi connectivity index (χ0n) is 9.53. The average molecular weight is 247 g/mol. The second-order valence-corrected chi connectivity index (χ2v) is 5.79. The lowest BCUT2D eigenvalue weighted by molar-refractivity contribution is -0.120. The third-order valence-corrected chi connectivity index (χ3v) is 4.82. The topological polar surface area (TPSA) is 60.2 Å². The maximum Gasteiger partial charge on any atom is 0.229 e. The number of Topliss-reactive ketones (excluding diaryl/α,β-unsaturated/α-hetero) is 1. The summed E-state index contributed by atoms with van der Waals surface area (Å²) < 4.78 is 0. The smallest absolute Gasteiger partial charge is 0.229 e. The fourth-order valence-corrected chi connectivity index (χ4v) is 4.13. The number of carbonyl (C=O) groups excluding carboxylic acids is 2. The quantitative estimate of drug-likeness (QED) is 0.771. The maximum absolute atomic E-state index is 12.3. The average Bonchev–Trinajstić information content (AvgIpc) is 2.58. The van der Waals surface area contributed by atoms with E-state index in [1.807, 2.05) is 13.0 Å². The van der Waals surface area contributed by atoms with Crippen LogP contribution in [-0.2, 0) is 4.79 Å². The van der Waals surface area contributed by atoms with Crippen LogP contribution in [0.3, 0.4) is 0 Å². The molecule has 2 aliphatic rings. The standard InChI is InChI=1S/C13H13NO2S/c1-6-2-3-8-10-7(4-5-17-8)11(13(14)16)12(15)9(6)10/h2-3,7,11H,4-5H2,1H3,(H2,14,16). The molecule has 0 aromatic heterocycles. The number of hydrogen-bond acceptors (Lipinski definition) is 3. The molecule has 0 radical (unpaired) electrons. The number of aryl methyl sites for hydroxylation is 1. The van der Waals surface area contributed by atoms with Crippen molar-refractivity contribution >= 4 is 23.5 Å². The summed E-state index contributed by atoms with van der Waals surface area (Å²) in [5.41, 5.74) is 8.19. The Bertz CT molecular complexity index is 538. The van der Waals surface area contributed by atoms with Crippen molar-refractivity contribution < 1.29 is 9.59 Å². The lowest BCUT2D eigenvalue weighted by Gasteiger charge is -2.23. The number of primary amides is 1. The van der Waals surface area contributed by atoms with Gasteiger partial charge in [-0.25, -0.2) is 0 Å². The highest BCUT2D eigenvalue weighted by atomic mass is 32.2. The predicted molar refractivity (Wildman–Crippen MR) is 66.3 cm³/mol. The highest BCUT2D eigenvalue weighted by Gasteiger charge is 2.46. The maximum atomic E-state index is 12.3. The van der Waals surface area contributed by atoms with E-state index >= 15 is 0 Å². The summed E-state index contributed by atoms with van der Waals surface area (Å²) in [6.45, 7) is 1.92.